The minimum atomic E-state index is -3.17. The Balaban J connectivity index is 1.68. The summed E-state index contributed by atoms with van der Waals surface area (Å²) >= 11 is 1.18. The number of hydrogen-bond donors (Lipinski definition) is 6. The Bertz CT molecular complexity index is 1420. The summed E-state index contributed by atoms with van der Waals surface area (Å²) in [7, 11) is 1.54. The second-order valence-corrected chi connectivity index (χ2v) is 9.37. The molecule has 4 rings (SSSR count). The van der Waals surface area contributed by atoms with Gasteiger partial charge in [0.15, 0.2) is 0 Å². The van der Waals surface area contributed by atoms with Crippen LogP contribution in [0.15, 0.2) is 58.8 Å². The van der Waals surface area contributed by atoms with Crippen molar-refractivity contribution in [3.05, 3.63) is 64.2 Å². The van der Waals surface area contributed by atoms with Gasteiger partial charge in [-0.05, 0) is 29.7 Å². The Labute approximate surface area is 226 Å². The van der Waals surface area contributed by atoms with E-state index in [-0.39, 0.29) is 40.0 Å². The van der Waals surface area contributed by atoms with E-state index in [0.29, 0.717) is 41.1 Å². The predicted molar refractivity (Wildman–Crippen MR) is 146 cm³/mol. The summed E-state index contributed by atoms with van der Waals surface area (Å²) < 4.78 is 32.0. The van der Waals surface area contributed by atoms with Gasteiger partial charge in [-0.3, -0.25) is 15.0 Å². The molecule has 0 unspecified atom stereocenters. The van der Waals surface area contributed by atoms with Crippen molar-refractivity contribution in [2.24, 2.45) is 4.99 Å². The minimum absolute atomic E-state index is 0.0200. The molecule has 2 aliphatic heterocycles. The standard InChI is InChI=1S/C25H26F2N8O3S/c1-30-13-17(34-23(36)16(12-28)22-32-3-2-4-33-22)21(29)15-11-19-14(9-18(15)38-25(26)27)10-20(39-19)24(37)35-7-5-31-6-8-35/h2-4,9-13,25,28-32H,5-8H2,1H3,(H,34,36)/b17-13+,22-16-,28-12?,29-21?. The normalized spacial score (nSPS) is 16.6. The van der Waals surface area contributed by atoms with Crippen LogP contribution in [-0.2, 0) is 4.79 Å². The zero-order valence-electron chi connectivity index (χ0n) is 20.8. The van der Waals surface area contributed by atoms with E-state index < -0.39 is 12.5 Å². The van der Waals surface area contributed by atoms with Crippen LogP contribution in [0.25, 0.3) is 10.1 Å². The van der Waals surface area contributed by atoms with Gasteiger partial charge in [0.05, 0.1) is 21.9 Å². The topological polar surface area (TPSA) is 155 Å². The number of aliphatic imine (C=N–C) groups is 1. The van der Waals surface area contributed by atoms with Gasteiger partial charge in [-0.1, -0.05) is 0 Å². The highest BCUT2D eigenvalue weighted by molar-refractivity contribution is 7.20. The summed E-state index contributed by atoms with van der Waals surface area (Å²) in [4.78, 5) is 32.2. The number of amides is 2. The molecular formula is C25H26F2N8O3S. The molecule has 2 aliphatic rings. The van der Waals surface area contributed by atoms with Gasteiger partial charge in [0, 0.05) is 68.3 Å². The average Bonchev–Trinajstić information content (AvgIpc) is 3.35. The highest BCUT2D eigenvalue weighted by Gasteiger charge is 2.24. The molecule has 0 spiro atoms. The number of ether oxygens (including phenoxy) is 1. The molecule has 6 N–H and O–H groups in total. The molecule has 0 saturated carbocycles. The van der Waals surface area contributed by atoms with Crippen LogP contribution >= 0.6 is 11.3 Å². The largest absolute Gasteiger partial charge is 0.434 e. The molecule has 14 heteroatoms. The van der Waals surface area contributed by atoms with Gasteiger partial charge >= 0.3 is 6.61 Å². The molecule has 0 aliphatic carbocycles. The number of thiophene rings is 1. The molecule has 1 aromatic heterocycles. The molecule has 39 heavy (non-hydrogen) atoms. The second kappa shape index (κ2) is 12.4. The lowest BCUT2D eigenvalue weighted by Crippen LogP contribution is -2.46. The Morgan fingerprint density at radius 1 is 1.26 bits per heavy atom. The van der Waals surface area contributed by atoms with E-state index in [1.807, 2.05) is 0 Å². The molecule has 0 radical (unpaired) electrons. The maximum atomic E-state index is 13.3. The van der Waals surface area contributed by atoms with Gasteiger partial charge < -0.3 is 36.3 Å². The van der Waals surface area contributed by atoms with Crippen LogP contribution < -0.4 is 26.0 Å². The van der Waals surface area contributed by atoms with Gasteiger partial charge in [-0.25, -0.2) is 4.99 Å². The summed E-state index contributed by atoms with van der Waals surface area (Å²) in [5.41, 5.74) is -0.523. The molecule has 3 heterocycles. The summed E-state index contributed by atoms with van der Waals surface area (Å²) in [5, 5.41) is 28.2. The molecule has 1 aromatic carbocycles. The maximum Gasteiger partial charge on any atom is 0.387 e. The Hall–Kier alpha value is -4.43. The van der Waals surface area contributed by atoms with E-state index in [0.717, 1.165) is 6.21 Å². The third kappa shape index (κ3) is 6.35. The molecule has 204 valence electrons. The van der Waals surface area contributed by atoms with Gasteiger partial charge in [0.25, 0.3) is 11.8 Å². The van der Waals surface area contributed by atoms with Crippen molar-refractivity contribution in [1.29, 1.82) is 10.8 Å². The quantitative estimate of drug-likeness (QED) is 0.205. The van der Waals surface area contributed by atoms with E-state index in [1.54, 1.807) is 24.1 Å². The smallest absolute Gasteiger partial charge is 0.387 e. The first kappa shape index (κ1) is 27.6. The fourth-order valence-corrected chi connectivity index (χ4v) is 5.00. The Morgan fingerprint density at radius 3 is 2.67 bits per heavy atom. The second-order valence-electron chi connectivity index (χ2n) is 8.28. The van der Waals surface area contributed by atoms with Crippen LogP contribution in [0.3, 0.4) is 0 Å². The number of nitrogens with zero attached hydrogens (tertiary/aromatic N) is 2. The van der Waals surface area contributed by atoms with Crippen molar-refractivity contribution in [1.82, 2.24) is 26.2 Å². The first-order valence-corrected chi connectivity index (χ1v) is 12.6. The van der Waals surface area contributed by atoms with Crippen molar-refractivity contribution in [3.63, 3.8) is 0 Å². The molecule has 2 amide bonds. The number of fused-ring (bicyclic) bond motifs is 1. The number of carbonyl (C=O) groups is 2. The molecule has 0 bridgehead atoms. The molecule has 1 fully saturated rings. The number of piperazine rings is 1. The van der Waals surface area contributed by atoms with Crippen molar-refractivity contribution >= 4 is 51.4 Å². The summed E-state index contributed by atoms with van der Waals surface area (Å²) in [6.07, 6.45) is 6.72. The third-order valence-electron chi connectivity index (χ3n) is 5.78. The average molecular weight is 557 g/mol. The summed E-state index contributed by atoms with van der Waals surface area (Å²) in [6, 6.07) is 4.46. The van der Waals surface area contributed by atoms with Crippen LogP contribution in [0, 0.1) is 10.8 Å². The Kier molecular flexibility index (Phi) is 8.78. The van der Waals surface area contributed by atoms with E-state index in [4.69, 9.17) is 15.6 Å². The number of allylic oxidation sites excluding steroid dienone is 2. The van der Waals surface area contributed by atoms with Crippen molar-refractivity contribution in [2.45, 2.75) is 6.61 Å². The maximum absolute atomic E-state index is 13.3. The van der Waals surface area contributed by atoms with Crippen LogP contribution in [0.2, 0.25) is 0 Å². The molecule has 0 atom stereocenters. The number of alkyl halides is 2. The lowest BCUT2D eigenvalue weighted by atomic mass is 10.0. The lowest BCUT2D eigenvalue weighted by Gasteiger charge is -2.26. The SMILES string of the molecule is CN/C=C(/NC(=O)/C(C=N)=C1\N=CC=CN1)C(=N)c1cc2sc(C(=O)N3CCNCC3)cc2cc1OC(F)F. The van der Waals surface area contributed by atoms with E-state index in [2.05, 4.69) is 26.3 Å². The van der Waals surface area contributed by atoms with E-state index in [9.17, 15) is 18.4 Å². The monoisotopic (exact) mass is 556 g/mol. The molecule has 11 nitrogen and oxygen atoms in total. The van der Waals surface area contributed by atoms with Crippen LogP contribution in [0.4, 0.5) is 8.78 Å². The first-order valence-electron chi connectivity index (χ1n) is 11.8. The van der Waals surface area contributed by atoms with Crippen LogP contribution in [-0.4, -0.2) is 74.7 Å². The van der Waals surface area contributed by atoms with Crippen molar-refractivity contribution in [2.75, 3.05) is 33.2 Å². The molecular weight excluding hydrogens is 530 g/mol. The molecule has 2 aromatic rings. The van der Waals surface area contributed by atoms with Gasteiger partial charge in [0.2, 0.25) is 0 Å². The number of rotatable bonds is 9. The highest BCUT2D eigenvalue weighted by Crippen LogP contribution is 2.34. The zero-order chi connectivity index (χ0) is 27.9. The number of nitrogens with one attached hydrogen (secondary N) is 6. The zero-order valence-corrected chi connectivity index (χ0v) is 21.6. The lowest BCUT2D eigenvalue weighted by molar-refractivity contribution is -0.116. The van der Waals surface area contributed by atoms with Gasteiger partial charge in [-0.15, -0.1) is 11.3 Å². The number of halogens is 2. The van der Waals surface area contributed by atoms with Gasteiger partial charge in [0.1, 0.15) is 11.6 Å². The van der Waals surface area contributed by atoms with E-state index >= 15 is 0 Å². The first-order chi connectivity index (χ1) is 18.8. The highest BCUT2D eigenvalue weighted by atomic mass is 32.1. The van der Waals surface area contributed by atoms with Crippen LogP contribution in [0.5, 0.6) is 5.75 Å². The van der Waals surface area contributed by atoms with Crippen molar-refractivity contribution < 1.29 is 23.1 Å². The minimum Gasteiger partial charge on any atom is -0.434 e. The number of hydrogen-bond acceptors (Lipinski definition) is 10. The molecule has 1 saturated heterocycles. The van der Waals surface area contributed by atoms with Gasteiger partial charge in [-0.2, -0.15) is 8.78 Å². The summed E-state index contributed by atoms with van der Waals surface area (Å²) in [5.74, 6) is -1.06. The fraction of sp³-hybridized carbons (Fsp3) is 0.240. The number of benzene rings is 1. The number of carbonyl (C=O) groups excluding carboxylic acids is 2. The van der Waals surface area contributed by atoms with E-state index in [1.165, 1.54) is 42.1 Å². The van der Waals surface area contributed by atoms with Crippen molar-refractivity contribution in [3.8, 4) is 5.75 Å². The fourth-order valence-electron chi connectivity index (χ4n) is 3.95. The Morgan fingerprint density at radius 2 is 2.03 bits per heavy atom. The summed E-state index contributed by atoms with van der Waals surface area (Å²) in [6.45, 7) is -0.673. The predicted octanol–water partition coefficient (Wildman–Crippen LogP) is 2.14. The van der Waals surface area contributed by atoms with Crippen LogP contribution in [0.1, 0.15) is 15.2 Å². The third-order valence-corrected chi connectivity index (χ3v) is 6.86.